The van der Waals surface area contributed by atoms with Crippen LogP contribution in [0.4, 0.5) is 27.1 Å². The lowest BCUT2D eigenvalue weighted by atomic mass is 10.1. The zero-order valence-corrected chi connectivity index (χ0v) is 49.5. The normalized spacial score (nSPS) is 12.8. The highest BCUT2D eigenvalue weighted by Crippen LogP contribution is 2.40. The number of carbonyl (C=O) groups excluding carboxylic acids is 4. The Morgan fingerprint density at radius 2 is 1.04 bits per heavy atom. The zero-order valence-electron chi connectivity index (χ0n) is 46.1. The molecule has 77 heavy (non-hydrogen) atoms. The van der Waals surface area contributed by atoms with Crippen LogP contribution in [0.1, 0.15) is 88.6 Å². The number of nitriles is 2. The number of aliphatic hydroxyl groups excluding tert-OH is 1. The van der Waals surface area contributed by atoms with Gasteiger partial charge >= 0.3 is 0 Å². The number of amides is 4. The minimum absolute atomic E-state index is 0.0655. The van der Waals surface area contributed by atoms with Crippen molar-refractivity contribution in [3.63, 3.8) is 0 Å². The second-order valence-electron chi connectivity index (χ2n) is 20.4. The van der Waals surface area contributed by atoms with Gasteiger partial charge in [0, 0.05) is 42.7 Å². The molecule has 0 unspecified atom stereocenters. The molecule has 0 saturated carbocycles. The van der Waals surface area contributed by atoms with Gasteiger partial charge < -0.3 is 20.2 Å². The van der Waals surface area contributed by atoms with Gasteiger partial charge in [-0.3, -0.25) is 45.3 Å². The summed E-state index contributed by atoms with van der Waals surface area (Å²) >= 11 is 9.03. The molecule has 16 nitrogen and oxygen atoms in total. The van der Waals surface area contributed by atoms with Gasteiger partial charge in [0.1, 0.15) is 12.1 Å². The summed E-state index contributed by atoms with van der Waals surface area (Å²) in [5.74, 6) is -2.16. The van der Waals surface area contributed by atoms with Gasteiger partial charge in [0.2, 0.25) is 11.4 Å². The second kappa shape index (κ2) is 28.3. The quantitative estimate of drug-likeness (QED) is 0.0265. The first-order valence-corrected chi connectivity index (χ1v) is 32.6. The summed E-state index contributed by atoms with van der Waals surface area (Å²) in [4.78, 5) is 57.9. The van der Waals surface area contributed by atoms with Crippen LogP contribution in [0.5, 0.6) is 0 Å². The zero-order chi connectivity index (χ0) is 58.8. The van der Waals surface area contributed by atoms with Crippen molar-refractivity contribution < 1.29 is 34.5 Å². The average Bonchev–Trinajstić information content (AvgIpc) is 4.10. The third kappa shape index (κ3) is 17.7. The number of rotatable bonds is 12. The Bertz CT molecular complexity index is 3190. The van der Waals surface area contributed by atoms with Gasteiger partial charge in [-0.1, -0.05) is 66.8 Å². The van der Waals surface area contributed by atoms with E-state index in [0.29, 0.717) is 44.5 Å². The summed E-state index contributed by atoms with van der Waals surface area (Å²) < 4.78 is 23.7. The Morgan fingerprint density at radius 3 is 1.36 bits per heavy atom. The number of halogens is 2. The van der Waals surface area contributed by atoms with Crippen molar-refractivity contribution in [2.75, 3.05) is 17.8 Å². The van der Waals surface area contributed by atoms with Crippen LogP contribution in [0.3, 0.4) is 0 Å². The summed E-state index contributed by atoms with van der Waals surface area (Å²) in [6.45, 7) is 39.6. The van der Waals surface area contributed by atoms with Crippen molar-refractivity contribution in [2.24, 2.45) is 0 Å². The van der Waals surface area contributed by atoms with E-state index in [1.165, 1.54) is 78.1 Å². The Morgan fingerprint density at radius 1 is 0.675 bits per heavy atom. The number of aliphatic hydroxyl groups is 1. The molecule has 6 aromatic rings. The van der Waals surface area contributed by atoms with E-state index in [1.807, 2.05) is 42.0 Å². The minimum Gasteiger partial charge on any atom is -0.412 e. The van der Waals surface area contributed by atoms with E-state index in [-0.39, 0.29) is 10.6 Å². The standard InChI is InChI=1S/C27H31N5O3SSi.C21H17N5O3S.C6H15ClSi.CH3F/c1-17(35-37(6,7)27(2,3)4)23(30-21-12-13-22(29-5)24-20(21)14-15-36-24)26(34)32-31-25(33)19-10-8-18(16-28)9-11-19;1-12(27)18(24-16-7-8-17(23-2)19-15(16)9-10-30-19)21(29)26-25-20(28)14-5-3-13(11-22)4-6-14;1-6(2,3)8(4,5)7;1-2/h8-15,17,23,30H,1-4,6-7H3,(H,31,33)(H,32,34);3-10,12,18,24,27H,1H3,(H,25,28)(H,26,29);1-5H3;1H3/t17-,23+;12-,18+;;/m00../s1/i;;;1D. The van der Waals surface area contributed by atoms with Crippen molar-refractivity contribution in [3.05, 3.63) is 141 Å². The van der Waals surface area contributed by atoms with Gasteiger partial charge in [-0.2, -0.15) is 44.3 Å². The van der Waals surface area contributed by atoms with Crippen molar-refractivity contribution in [1.82, 2.24) is 21.7 Å². The highest BCUT2D eigenvalue weighted by atomic mass is 35.6. The van der Waals surface area contributed by atoms with Gasteiger partial charge in [-0.15, -0.1) is 0 Å². The number of fused-ring (bicyclic) bond motifs is 2. The molecule has 0 fully saturated rings. The van der Waals surface area contributed by atoms with E-state index in [9.17, 15) is 28.7 Å². The van der Waals surface area contributed by atoms with Gasteiger partial charge in [0.15, 0.2) is 15.7 Å². The third-order valence-corrected chi connectivity index (χ3v) is 24.5. The summed E-state index contributed by atoms with van der Waals surface area (Å²) in [6, 6.07) is 24.7. The predicted octanol–water partition coefficient (Wildman–Crippen LogP) is 12.7. The molecule has 0 aliphatic rings. The maximum atomic E-state index is 13.4. The number of nitrogens with one attached hydrogen (secondary N) is 6. The van der Waals surface area contributed by atoms with E-state index in [1.54, 1.807) is 24.3 Å². The molecule has 4 atom stereocenters. The number of hydrazine groups is 2. The highest BCUT2D eigenvalue weighted by molar-refractivity contribution is 7.20. The van der Waals surface area contributed by atoms with Gasteiger partial charge in [0.25, 0.3) is 23.6 Å². The SMILES string of the molecule is CC(C)(C)[Si](C)(C)Cl.[2H]CF.[C-]#[N+]c1ccc(N[C@@H](C(=O)NNC(=O)c2ccc(C#N)cc2)[C@H](C)O)c2ccsc12.[C-]#[N+]c1ccc(N[C@@H](C(=O)NNC(=O)c2ccc(C#N)cc2)[C@H](C)O[Si](C)(C)C(C)(C)C)c2ccsc12. The molecule has 7 N–H and O–H groups in total. The number of hydrogen-bond donors (Lipinski definition) is 7. The van der Waals surface area contributed by atoms with Crippen LogP contribution < -0.4 is 32.3 Å². The van der Waals surface area contributed by atoms with Crippen LogP contribution in [0, 0.1) is 35.8 Å². The van der Waals surface area contributed by atoms with Crippen molar-refractivity contribution >= 4 is 116 Å². The maximum Gasteiger partial charge on any atom is 0.269 e. The maximum absolute atomic E-state index is 13.4. The molecule has 4 amide bonds. The van der Waals surface area contributed by atoms with E-state index in [4.69, 9.17) is 40.5 Å². The largest absolute Gasteiger partial charge is 0.412 e. The smallest absolute Gasteiger partial charge is 0.269 e. The molecular formula is C55H66ClFN10O6S2Si2. The van der Waals surface area contributed by atoms with Crippen molar-refractivity contribution in [2.45, 2.75) is 116 Å². The number of alkyl halides is 1. The fraction of sp³-hybridized carbons (Fsp3) is 0.345. The van der Waals surface area contributed by atoms with Crippen molar-refractivity contribution in [1.29, 1.82) is 10.5 Å². The fourth-order valence-electron chi connectivity index (χ4n) is 6.30. The van der Waals surface area contributed by atoms with Crippen LogP contribution in [-0.2, 0) is 14.0 Å². The van der Waals surface area contributed by atoms with Gasteiger partial charge in [-0.05, 0) is 121 Å². The number of benzene rings is 4. The Labute approximate surface area is 466 Å². The topological polar surface area (TPSA) is 226 Å². The summed E-state index contributed by atoms with van der Waals surface area (Å²) in [5, 5.41) is 39.8. The number of nitrogens with zero attached hydrogens (tertiary/aromatic N) is 4. The molecule has 406 valence electrons. The van der Waals surface area contributed by atoms with Crippen LogP contribution in [0.15, 0.2) is 95.7 Å². The molecule has 2 heterocycles. The van der Waals surface area contributed by atoms with Gasteiger partial charge in [0.05, 0.1) is 57.1 Å². The first-order chi connectivity index (χ1) is 36.5. The van der Waals surface area contributed by atoms with Crippen LogP contribution in [0.25, 0.3) is 29.9 Å². The Kier molecular flexibility index (Phi) is 22.9. The number of anilines is 2. The third-order valence-electron chi connectivity index (χ3n) is 12.8. The molecule has 0 bridgehead atoms. The average molecular weight is 1140 g/mol. The van der Waals surface area contributed by atoms with Crippen molar-refractivity contribution in [3.8, 4) is 12.1 Å². The summed E-state index contributed by atoms with van der Waals surface area (Å²) in [7, 11) is -4.61. The monoisotopic (exact) mass is 1140 g/mol. The summed E-state index contributed by atoms with van der Waals surface area (Å²) in [5.41, 5.74) is 13.4. The molecule has 0 radical (unpaired) electrons. The molecule has 0 saturated heterocycles. The highest BCUT2D eigenvalue weighted by Gasteiger charge is 2.41. The molecule has 0 spiro atoms. The van der Waals surface area contributed by atoms with E-state index in [2.05, 4.69) is 110 Å². The first-order valence-electron chi connectivity index (χ1n) is 24.6. The molecule has 0 aliphatic carbocycles. The fourth-order valence-corrected chi connectivity index (χ4v) is 9.48. The lowest BCUT2D eigenvalue weighted by Gasteiger charge is -2.40. The van der Waals surface area contributed by atoms with Crippen LogP contribution >= 0.6 is 33.8 Å². The Hall–Kier alpha value is -7.19. The summed E-state index contributed by atoms with van der Waals surface area (Å²) in [6.07, 6.45) is -1.59. The Balaban J connectivity index is 0.000000349. The molecular weight excluding hydrogens is 1070 g/mol. The number of carbonyl (C=O) groups is 4. The lowest BCUT2D eigenvalue weighted by molar-refractivity contribution is -0.125. The molecule has 4 aromatic carbocycles. The molecule has 2 aromatic heterocycles. The second-order valence-corrected chi connectivity index (χ2v) is 34.2. The van der Waals surface area contributed by atoms with Gasteiger partial charge in [-0.25, -0.2) is 9.69 Å². The molecule has 22 heteroatoms. The van der Waals surface area contributed by atoms with E-state index in [0.717, 1.165) is 20.2 Å². The lowest BCUT2D eigenvalue weighted by Crippen LogP contribution is -2.55. The number of hydrogen-bond acceptors (Lipinski definition) is 12. The number of thiophene rings is 2. The van der Waals surface area contributed by atoms with E-state index < -0.39 is 70.8 Å². The predicted molar refractivity (Wildman–Crippen MR) is 314 cm³/mol. The molecule has 0 aliphatic heterocycles. The van der Waals surface area contributed by atoms with E-state index >= 15 is 0 Å². The minimum atomic E-state index is -2.23. The van der Waals surface area contributed by atoms with Crippen LogP contribution in [0.2, 0.25) is 36.3 Å². The van der Waals surface area contributed by atoms with Crippen LogP contribution in [-0.4, -0.2) is 75.9 Å². The molecule has 6 rings (SSSR count). The first kappa shape index (κ1) is 62.4.